The molecule has 5 nitrogen and oxygen atoms in total. The molecule has 1 fully saturated rings. The zero-order chi connectivity index (χ0) is 19.6. The van der Waals surface area contributed by atoms with Crippen molar-refractivity contribution in [1.29, 1.82) is 0 Å². The molecule has 2 aromatic rings. The molecule has 0 spiro atoms. The van der Waals surface area contributed by atoms with Gasteiger partial charge in [0, 0.05) is 18.8 Å². The van der Waals surface area contributed by atoms with Gasteiger partial charge in [-0.3, -0.25) is 4.79 Å². The van der Waals surface area contributed by atoms with E-state index in [1.54, 1.807) is 19.2 Å². The number of anilines is 3. The Morgan fingerprint density at radius 3 is 2.52 bits per heavy atom. The number of amides is 1. The summed E-state index contributed by atoms with van der Waals surface area (Å²) in [6, 6.07) is 11.1. The van der Waals surface area contributed by atoms with E-state index in [2.05, 4.69) is 31.0 Å². The average Bonchev–Trinajstić information content (AvgIpc) is 2.63. The van der Waals surface area contributed by atoms with E-state index >= 15 is 0 Å². The van der Waals surface area contributed by atoms with Gasteiger partial charge in [-0.15, -0.1) is 0 Å². The molecule has 0 aliphatic carbocycles. The van der Waals surface area contributed by atoms with Crippen LogP contribution in [0.4, 0.5) is 17.1 Å². The van der Waals surface area contributed by atoms with E-state index in [0.717, 1.165) is 24.3 Å². The molecule has 144 valence electrons. The van der Waals surface area contributed by atoms with Gasteiger partial charge in [-0.2, -0.15) is 0 Å². The van der Waals surface area contributed by atoms with E-state index in [-0.39, 0.29) is 5.91 Å². The Balaban J connectivity index is 1.89. The maximum Gasteiger partial charge on any atom is 0.259 e. The summed E-state index contributed by atoms with van der Waals surface area (Å²) in [5.74, 6) is 1.61. The Hall–Kier alpha value is -2.69. The summed E-state index contributed by atoms with van der Waals surface area (Å²) in [6.45, 7) is 8.70. The summed E-state index contributed by atoms with van der Waals surface area (Å²) in [4.78, 5) is 15.2. The smallest absolute Gasteiger partial charge is 0.259 e. The van der Waals surface area contributed by atoms with Crippen LogP contribution in [0.3, 0.4) is 0 Å². The number of aryl methyl sites for hydroxylation is 1. The molecular weight excluding hydrogens is 338 g/mol. The van der Waals surface area contributed by atoms with Crippen LogP contribution in [0, 0.1) is 18.8 Å². The van der Waals surface area contributed by atoms with Crippen LogP contribution < -0.4 is 20.7 Å². The van der Waals surface area contributed by atoms with Gasteiger partial charge in [0.2, 0.25) is 0 Å². The normalized spacial score (nSPS) is 19.6. The lowest BCUT2D eigenvalue weighted by molar-refractivity contribution is 0.102. The number of carbonyl (C=O) groups is 1. The second-order valence-corrected chi connectivity index (χ2v) is 7.73. The van der Waals surface area contributed by atoms with E-state index in [1.807, 2.05) is 24.3 Å². The van der Waals surface area contributed by atoms with Crippen molar-refractivity contribution >= 4 is 23.0 Å². The van der Waals surface area contributed by atoms with Crippen molar-refractivity contribution in [2.75, 3.05) is 36.1 Å². The number of ether oxygens (including phenoxy) is 1. The molecule has 0 bridgehead atoms. The lowest BCUT2D eigenvalue weighted by Gasteiger charge is -2.37. The van der Waals surface area contributed by atoms with Crippen LogP contribution in [0.5, 0.6) is 5.75 Å². The number of nitrogens with zero attached hydrogens (tertiary/aromatic N) is 1. The first-order chi connectivity index (χ1) is 12.9. The first kappa shape index (κ1) is 19.1. The highest BCUT2D eigenvalue weighted by Gasteiger charge is 2.24. The van der Waals surface area contributed by atoms with Gasteiger partial charge in [-0.1, -0.05) is 26.0 Å². The molecule has 27 heavy (non-hydrogen) atoms. The summed E-state index contributed by atoms with van der Waals surface area (Å²) in [5, 5.41) is 2.96. The molecule has 1 saturated heterocycles. The quantitative estimate of drug-likeness (QED) is 0.790. The van der Waals surface area contributed by atoms with E-state index in [1.165, 1.54) is 6.42 Å². The Labute approximate surface area is 161 Å². The highest BCUT2D eigenvalue weighted by atomic mass is 16.5. The maximum atomic E-state index is 12.8. The standard InChI is InChI=1S/C22H29N3O2/c1-14-9-15(2)13-25(12-14)20-11-19(18(23)10-16(20)3)24-22(26)17-7-5-6-8-21(17)27-4/h5-8,10-11,14-15H,9,12-13,23H2,1-4H3,(H,24,26)/t14-,15-/m1/s1. The number of para-hydroxylation sites is 1. The number of nitrogens with one attached hydrogen (secondary N) is 1. The van der Waals surface area contributed by atoms with E-state index in [9.17, 15) is 4.79 Å². The second-order valence-electron chi connectivity index (χ2n) is 7.73. The molecule has 1 aliphatic heterocycles. The minimum absolute atomic E-state index is 0.227. The Morgan fingerprint density at radius 1 is 1.19 bits per heavy atom. The third-order valence-corrected chi connectivity index (χ3v) is 5.18. The van der Waals surface area contributed by atoms with E-state index in [0.29, 0.717) is 34.5 Å². The predicted octanol–water partition coefficient (Wildman–Crippen LogP) is 4.32. The maximum absolute atomic E-state index is 12.8. The summed E-state index contributed by atoms with van der Waals surface area (Å²) in [6.07, 6.45) is 1.25. The van der Waals surface area contributed by atoms with Crippen molar-refractivity contribution in [2.45, 2.75) is 27.2 Å². The highest BCUT2D eigenvalue weighted by molar-refractivity contribution is 6.07. The van der Waals surface area contributed by atoms with Crippen molar-refractivity contribution in [1.82, 2.24) is 0 Å². The van der Waals surface area contributed by atoms with E-state index < -0.39 is 0 Å². The fourth-order valence-corrected chi connectivity index (χ4v) is 4.05. The van der Waals surface area contributed by atoms with Gasteiger partial charge < -0.3 is 20.7 Å². The number of benzene rings is 2. The fourth-order valence-electron chi connectivity index (χ4n) is 4.05. The monoisotopic (exact) mass is 367 g/mol. The minimum Gasteiger partial charge on any atom is -0.496 e. The number of carbonyl (C=O) groups excluding carboxylic acids is 1. The number of nitrogens with two attached hydrogens (primary N) is 1. The molecule has 0 aromatic heterocycles. The van der Waals surface area contributed by atoms with Gasteiger partial charge in [0.05, 0.1) is 24.0 Å². The number of nitrogen functional groups attached to an aromatic ring is 1. The number of hydrogen-bond acceptors (Lipinski definition) is 4. The molecule has 0 unspecified atom stereocenters. The molecule has 1 heterocycles. The van der Waals surface area contributed by atoms with Crippen molar-refractivity contribution < 1.29 is 9.53 Å². The minimum atomic E-state index is -0.227. The molecule has 2 aromatic carbocycles. The third kappa shape index (κ3) is 4.18. The summed E-state index contributed by atoms with van der Waals surface area (Å²) >= 11 is 0. The second kappa shape index (κ2) is 7.91. The predicted molar refractivity (Wildman–Crippen MR) is 112 cm³/mol. The Morgan fingerprint density at radius 2 is 1.85 bits per heavy atom. The molecule has 1 aliphatic rings. The number of hydrogen-bond donors (Lipinski definition) is 2. The van der Waals surface area contributed by atoms with Gasteiger partial charge in [-0.05, 0) is 55.0 Å². The van der Waals surface area contributed by atoms with E-state index in [4.69, 9.17) is 10.5 Å². The first-order valence-corrected chi connectivity index (χ1v) is 9.48. The molecule has 0 radical (unpaired) electrons. The third-order valence-electron chi connectivity index (χ3n) is 5.18. The van der Waals surface area contributed by atoms with Crippen molar-refractivity contribution in [3.05, 3.63) is 47.5 Å². The van der Waals surface area contributed by atoms with Crippen LogP contribution in [0.15, 0.2) is 36.4 Å². The Kier molecular flexibility index (Phi) is 5.59. The van der Waals surface area contributed by atoms with Crippen LogP contribution in [-0.2, 0) is 0 Å². The van der Waals surface area contributed by atoms with Crippen molar-refractivity contribution in [3.63, 3.8) is 0 Å². The highest BCUT2D eigenvalue weighted by Crippen LogP contribution is 2.34. The van der Waals surface area contributed by atoms with Crippen LogP contribution in [-0.4, -0.2) is 26.1 Å². The van der Waals surface area contributed by atoms with Gasteiger partial charge in [0.25, 0.3) is 5.91 Å². The van der Waals surface area contributed by atoms with Gasteiger partial charge >= 0.3 is 0 Å². The summed E-state index contributed by atoms with van der Waals surface area (Å²) in [5.41, 5.74) is 10.2. The van der Waals surface area contributed by atoms with Crippen LogP contribution in [0.25, 0.3) is 0 Å². The topological polar surface area (TPSA) is 67.6 Å². The van der Waals surface area contributed by atoms with Crippen LogP contribution in [0.1, 0.15) is 36.2 Å². The molecule has 1 amide bonds. The number of piperidine rings is 1. The SMILES string of the molecule is COc1ccccc1C(=O)Nc1cc(N2C[C@H](C)C[C@@H](C)C2)c(C)cc1N. The lowest BCUT2D eigenvalue weighted by Crippen LogP contribution is -2.39. The van der Waals surface area contributed by atoms with Crippen molar-refractivity contribution in [2.24, 2.45) is 11.8 Å². The molecular formula is C22H29N3O2. The summed E-state index contributed by atoms with van der Waals surface area (Å²) in [7, 11) is 1.56. The number of methoxy groups -OCH3 is 1. The van der Waals surface area contributed by atoms with Gasteiger partial charge in [0.15, 0.2) is 0 Å². The average molecular weight is 367 g/mol. The zero-order valence-corrected chi connectivity index (χ0v) is 16.6. The molecule has 2 atom stereocenters. The van der Waals surface area contributed by atoms with Crippen molar-refractivity contribution in [3.8, 4) is 5.75 Å². The number of rotatable bonds is 4. The molecule has 5 heteroatoms. The Bertz CT molecular complexity index is 824. The van der Waals surface area contributed by atoms with Gasteiger partial charge in [0.1, 0.15) is 5.75 Å². The molecule has 0 saturated carbocycles. The molecule has 3 N–H and O–H groups in total. The first-order valence-electron chi connectivity index (χ1n) is 9.48. The van der Waals surface area contributed by atoms with Gasteiger partial charge in [-0.25, -0.2) is 0 Å². The molecule has 3 rings (SSSR count). The zero-order valence-electron chi connectivity index (χ0n) is 16.6. The lowest BCUT2D eigenvalue weighted by atomic mass is 9.91. The van der Waals surface area contributed by atoms with Crippen LogP contribution in [0.2, 0.25) is 0 Å². The van der Waals surface area contributed by atoms with Crippen LogP contribution >= 0.6 is 0 Å². The fraction of sp³-hybridized carbons (Fsp3) is 0.409. The largest absolute Gasteiger partial charge is 0.496 e. The summed E-state index contributed by atoms with van der Waals surface area (Å²) < 4.78 is 5.30.